The topological polar surface area (TPSA) is 57.2 Å². The number of hydrogen-bond acceptors (Lipinski definition) is 3. The molecule has 86 valence electrons. The van der Waals surface area contributed by atoms with Gasteiger partial charge in [-0.1, -0.05) is 0 Å². The Balaban J connectivity index is 0.00000128. The molecule has 0 amide bonds. The number of nitrogens with zero attached hydrogens (tertiary/aromatic N) is 1. The van der Waals surface area contributed by atoms with Crippen molar-refractivity contribution in [2.45, 2.75) is 0 Å². The largest absolute Gasteiger partial charge is 0.497 e. The molecule has 0 saturated carbocycles. The van der Waals surface area contributed by atoms with Crippen LogP contribution < -0.4 is 10.5 Å². The van der Waals surface area contributed by atoms with Crippen molar-refractivity contribution >= 4 is 29.2 Å². The lowest BCUT2D eigenvalue weighted by Gasteiger charge is -2.02. The summed E-state index contributed by atoms with van der Waals surface area (Å²) >= 11 is 0. The molecule has 0 saturated heterocycles. The summed E-state index contributed by atoms with van der Waals surface area (Å²) in [6.45, 7) is 0.00973. The maximum atomic E-state index is 11.4. The van der Waals surface area contributed by atoms with Crippen LogP contribution in [0.1, 0.15) is 4.79 Å². The maximum absolute atomic E-state index is 11.4. The molecule has 0 spiro atoms. The third-order valence-electron chi connectivity index (χ3n) is 2.34. The van der Waals surface area contributed by atoms with Crippen molar-refractivity contribution in [1.82, 2.24) is 4.57 Å². The first kappa shape index (κ1) is 12.5. The Morgan fingerprint density at radius 3 is 2.81 bits per heavy atom. The monoisotopic (exact) mass is 240 g/mol. The minimum atomic E-state index is -0.116. The smallest absolute Gasteiger partial charge is 0.244 e. The highest BCUT2D eigenvalue weighted by Gasteiger charge is 2.07. The molecule has 1 heterocycles. The van der Waals surface area contributed by atoms with Crippen molar-refractivity contribution < 1.29 is 9.53 Å². The fourth-order valence-corrected chi connectivity index (χ4v) is 1.56. The molecule has 1 aromatic heterocycles. The van der Waals surface area contributed by atoms with Crippen LogP contribution in [0.3, 0.4) is 0 Å². The highest BCUT2D eigenvalue weighted by Crippen LogP contribution is 2.21. The molecule has 0 radical (unpaired) electrons. The molecule has 2 aromatic rings. The molecular weight excluding hydrogens is 228 g/mol. The first-order chi connectivity index (χ1) is 7.26. The van der Waals surface area contributed by atoms with Crippen LogP contribution in [0.4, 0.5) is 0 Å². The van der Waals surface area contributed by atoms with Gasteiger partial charge in [-0.15, -0.1) is 12.4 Å². The number of aromatic nitrogens is 1. The summed E-state index contributed by atoms with van der Waals surface area (Å²) in [5.74, 6) is 0.663. The first-order valence-electron chi connectivity index (χ1n) is 4.64. The highest BCUT2D eigenvalue weighted by atomic mass is 35.5. The Hall–Kier alpha value is -1.52. The highest BCUT2D eigenvalue weighted by molar-refractivity contribution is 5.93. The molecular formula is C11H13ClN2O2. The van der Waals surface area contributed by atoms with Crippen molar-refractivity contribution in [2.24, 2.45) is 5.73 Å². The molecule has 0 aliphatic heterocycles. The van der Waals surface area contributed by atoms with E-state index in [4.69, 9.17) is 10.5 Å². The molecule has 0 aliphatic carbocycles. The zero-order valence-electron chi connectivity index (χ0n) is 8.84. The van der Waals surface area contributed by atoms with E-state index in [1.807, 2.05) is 24.3 Å². The number of carbonyl (C=O) groups is 1. The molecule has 4 nitrogen and oxygen atoms in total. The summed E-state index contributed by atoms with van der Waals surface area (Å²) in [4.78, 5) is 11.4. The third kappa shape index (κ3) is 2.03. The number of carbonyl (C=O) groups excluding carboxylic acids is 1. The van der Waals surface area contributed by atoms with Gasteiger partial charge in [0.05, 0.1) is 19.2 Å². The van der Waals surface area contributed by atoms with Gasteiger partial charge in [0.25, 0.3) is 0 Å². The molecule has 16 heavy (non-hydrogen) atoms. The second-order valence-corrected chi connectivity index (χ2v) is 3.21. The zero-order valence-corrected chi connectivity index (χ0v) is 9.66. The summed E-state index contributed by atoms with van der Waals surface area (Å²) in [6.07, 6.45) is 1.72. The lowest BCUT2D eigenvalue weighted by molar-refractivity contribution is 0.0929. The quantitative estimate of drug-likeness (QED) is 0.869. The van der Waals surface area contributed by atoms with E-state index >= 15 is 0 Å². The number of benzene rings is 1. The van der Waals surface area contributed by atoms with Gasteiger partial charge >= 0.3 is 0 Å². The normalized spacial score (nSPS) is 9.88. The van der Waals surface area contributed by atoms with Crippen LogP contribution in [0.5, 0.6) is 5.75 Å². The summed E-state index contributed by atoms with van der Waals surface area (Å²) in [7, 11) is 1.61. The molecule has 0 fully saturated rings. The molecule has 0 unspecified atom stereocenters. The minimum absolute atomic E-state index is 0. The lowest BCUT2D eigenvalue weighted by atomic mass is 10.2. The summed E-state index contributed by atoms with van der Waals surface area (Å²) in [5.41, 5.74) is 6.17. The van der Waals surface area contributed by atoms with Crippen LogP contribution in [-0.2, 0) is 0 Å². The Morgan fingerprint density at radius 2 is 2.19 bits per heavy atom. The average molecular weight is 241 g/mol. The van der Waals surface area contributed by atoms with Gasteiger partial charge in [-0.05, 0) is 24.3 Å². The van der Waals surface area contributed by atoms with Crippen molar-refractivity contribution in [1.29, 1.82) is 0 Å². The van der Waals surface area contributed by atoms with Crippen molar-refractivity contribution in [3.8, 4) is 5.75 Å². The fraction of sp³-hybridized carbons (Fsp3) is 0.182. The zero-order chi connectivity index (χ0) is 10.8. The summed E-state index contributed by atoms with van der Waals surface area (Å²) < 4.78 is 6.65. The predicted molar refractivity (Wildman–Crippen MR) is 65.4 cm³/mol. The fourth-order valence-electron chi connectivity index (χ4n) is 1.56. The van der Waals surface area contributed by atoms with Gasteiger partial charge in [0.2, 0.25) is 5.91 Å². The molecule has 0 atom stereocenters. The van der Waals surface area contributed by atoms with Crippen LogP contribution in [0.25, 0.3) is 10.9 Å². The summed E-state index contributed by atoms with van der Waals surface area (Å²) in [5, 5.41) is 0.969. The average Bonchev–Trinajstić information content (AvgIpc) is 2.70. The Kier molecular flexibility index (Phi) is 3.93. The van der Waals surface area contributed by atoms with E-state index in [0.717, 1.165) is 16.7 Å². The van der Waals surface area contributed by atoms with Crippen LogP contribution in [0, 0.1) is 0 Å². The number of hydrogen-bond donors (Lipinski definition) is 1. The van der Waals surface area contributed by atoms with E-state index in [1.165, 1.54) is 0 Å². The molecule has 5 heteroatoms. The number of rotatable bonds is 2. The predicted octanol–water partition coefficient (Wildman–Crippen LogP) is 1.67. The van der Waals surface area contributed by atoms with Gasteiger partial charge < -0.3 is 10.5 Å². The Morgan fingerprint density at radius 1 is 1.44 bits per heavy atom. The van der Waals surface area contributed by atoms with E-state index in [9.17, 15) is 4.79 Å². The number of nitrogens with two attached hydrogens (primary N) is 1. The maximum Gasteiger partial charge on any atom is 0.244 e. The van der Waals surface area contributed by atoms with E-state index in [2.05, 4.69) is 0 Å². The third-order valence-corrected chi connectivity index (χ3v) is 2.34. The van der Waals surface area contributed by atoms with Gasteiger partial charge in [-0.2, -0.15) is 0 Å². The van der Waals surface area contributed by atoms with E-state index in [1.54, 1.807) is 17.9 Å². The standard InChI is InChI=1S/C11H12N2O2.ClH/c1-15-9-2-3-10-8(6-9)4-5-13(10)11(14)7-12;/h2-6H,7,12H2,1H3;1H. The van der Waals surface area contributed by atoms with Gasteiger partial charge in [-0.3, -0.25) is 9.36 Å². The van der Waals surface area contributed by atoms with Crippen LogP contribution >= 0.6 is 12.4 Å². The van der Waals surface area contributed by atoms with Crippen molar-refractivity contribution in [2.75, 3.05) is 13.7 Å². The van der Waals surface area contributed by atoms with Crippen LogP contribution in [-0.4, -0.2) is 24.1 Å². The SMILES string of the molecule is COc1ccc2c(ccn2C(=O)CN)c1.Cl. The van der Waals surface area contributed by atoms with Crippen molar-refractivity contribution in [3.63, 3.8) is 0 Å². The number of methoxy groups -OCH3 is 1. The number of halogens is 1. The van der Waals surface area contributed by atoms with Gasteiger partial charge in [0.1, 0.15) is 5.75 Å². The molecule has 0 bridgehead atoms. The number of ether oxygens (including phenoxy) is 1. The molecule has 2 N–H and O–H groups in total. The minimum Gasteiger partial charge on any atom is -0.497 e. The van der Waals surface area contributed by atoms with Crippen LogP contribution in [0.2, 0.25) is 0 Å². The molecule has 2 rings (SSSR count). The molecule has 1 aromatic carbocycles. The van der Waals surface area contributed by atoms with E-state index in [0.29, 0.717) is 0 Å². The lowest BCUT2D eigenvalue weighted by Crippen LogP contribution is -2.19. The van der Waals surface area contributed by atoms with Crippen LogP contribution in [0.15, 0.2) is 30.5 Å². The molecule has 0 aliphatic rings. The van der Waals surface area contributed by atoms with Gasteiger partial charge in [-0.25, -0.2) is 0 Å². The van der Waals surface area contributed by atoms with Gasteiger partial charge in [0, 0.05) is 11.6 Å². The second-order valence-electron chi connectivity index (χ2n) is 3.21. The second kappa shape index (κ2) is 5.01. The van der Waals surface area contributed by atoms with E-state index < -0.39 is 0 Å². The first-order valence-corrected chi connectivity index (χ1v) is 4.64. The van der Waals surface area contributed by atoms with Gasteiger partial charge in [0.15, 0.2) is 0 Å². The van der Waals surface area contributed by atoms with Crippen molar-refractivity contribution in [3.05, 3.63) is 30.5 Å². The summed E-state index contributed by atoms with van der Waals surface area (Å²) in [6, 6.07) is 7.42. The number of fused-ring (bicyclic) bond motifs is 1. The van der Waals surface area contributed by atoms with E-state index in [-0.39, 0.29) is 24.9 Å². The Labute approximate surface area is 99.4 Å². The Bertz CT molecular complexity index is 508.